The number of aliphatic hydroxyl groups is 1. The van der Waals surface area contributed by atoms with Crippen molar-refractivity contribution < 1.29 is 27.9 Å². The van der Waals surface area contributed by atoms with Gasteiger partial charge >= 0.3 is 6.18 Å². The smallest absolute Gasteiger partial charge is 0.388 e. The minimum Gasteiger partial charge on any atom is -0.388 e. The summed E-state index contributed by atoms with van der Waals surface area (Å²) in [7, 11) is 0. The number of likely N-dealkylation sites (tertiary alicyclic amines) is 2. The molecule has 6 nitrogen and oxygen atoms in total. The maximum absolute atomic E-state index is 13.0. The largest absolute Gasteiger partial charge is 0.416 e. The van der Waals surface area contributed by atoms with Crippen LogP contribution < -0.4 is 5.32 Å². The highest BCUT2D eigenvalue weighted by Crippen LogP contribution is 2.34. The number of piperidine rings is 1. The van der Waals surface area contributed by atoms with Gasteiger partial charge in [0, 0.05) is 28.9 Å². The second kappa shape index (κ2) is 11.0. The van der Waals surface area contributed by atoms with Crippen molar-refractivity contribution in [1.82, 2.24) is 15.1 Å². The van der Waals surface area contributed by atoms with Gasteiger partial charge in [-0.05, 0) is 78.4 Å². The summed E-state index contributed by atoms with van der Waals surface area (Å²) >= 11 is 2.06. The summed E-state index contributed by atoms with van der Waals surface area (Å²) in [5, 5.41) is 12.7. The number of hydrogen-bond acceptors (Lipinski definition) is 4. The van der Waals surface area contributed by atoms with E-state index in [-0.39, 0.29) is 30.2 Å². The molecule has 2 saturated heterocycles. The van der Waals surface area contributed by atoms with Crippen LogP contribution in [-0.2, 0) is 15.8 Å². The third kappa shape index (κ3) is 6.65. The number of aliphatic hydroxyl groups excluding tert-OH is 1. The fraction of sp³-hybridized carbons (Fsp3) is 0.520. The number of carbonyl (C=O) groups excluding carboxylic acids is 2. The van der Waals surface area contributed by atoms with E-state index in [9.17, 15) is 27.9 Å². The number of rotatable bonds is 5. The summed E-state index contributed by atoms with van der Waals surface area (Å²) in [6.45, 7) is 2.44. The Kier molecular flexibility index (Phi) is 8.22. The van der Waals surface area contributed by atoms with E-state index >= 15 is 0 Å². The van der Waals surface area contributed by atoms with Crippen molar-refractivity contribution in [3.63, 3.8) is 0 Å². The predicted molar refractivity (Wildman–Crippen MR) is 133 cm³/mol. The lowest BCUT2D eigenvalue weighted by Crippen LogP contribution is -2.43. The third-order valence-electron chi connectivity index (χ3n) is 6.98. The molecule has 2 unspecified atom stereocenters. The van der Waals surface area contributed by atoms with Gasteiger partial charge in [-0.15, -0.1) is 0 Å². The molecule has 1 aromatic rings. The molecule has 190 valence electrons. The fourth-order valence-corrected chi connectivity index (χ4v) is 5.49. The molecular weight excluding hydrogens is 574 g/mol. The number of nitrogens with one attached hydrogen (secondary N) is 1. The predicted octanol–water partition coefficient (Wildman–Crippen LogP) is 3.82. The lowest BCUT2D eigenvalue weighted by Gasteiger charge is -2.33. The Balaban J connectivity index is 1.23. The van der Waals surface area contributed by atoms with Gasteiger partial charge in [0.15, 0.2) is 0 Å². The summed E-state index contributed by atoms with van der Waals surface area (Å²) in [6.07, 6.45) is 1.12. The van der Waals surface area contributed by atoms with Gasteiger partial charge in [0.2, 0.25) is 11.8 Å². The Bertz CT molecular complexity index is 1020. The van der Waals surface area contributed by atoms with Crippen molar-refractivity contribution in [3.8, 4) is 0 Å². The molecule has 1 aliphatic carbocycles. The van der Waals surface area contributed by atoms with Crippen molar-refractivity contribution in [2.45, 2.75) is 43.9 Å². The van der Waals surface area contributed by atoms with Crippen LogP contribution in [0.2, 0.25) is 0 Å². The number of carbonyl (C=O) groups is 2. The molecule has 35 heavy (non-hydrogen) atoms. The highest BCUT2D eigenvalue weighted by atomic mass is 127. The molecule has 0 spiro atoms. The summed E-state index contributed by atoms with van der Waals surface area (Å²) in [6, 6.07) is 5.48. The number of amides is 2. The number of allylic oxidation sites excluding steroid dienone is 1. The third-order valence-corrected chi connectivity index (χ3v) is 8.01. The van der Waals surface area contributed by atoms with E-state index in [0.717, 1.165) is 9.65 Å². The van der Waals surface area contributed by atoms with Gasteiger partial charge in [0.25, 0.3) is 0 Å². The van der Waals surface area contributed by atoms with Crippen LogP contribution in [0.15, 0.2) is 45.7 Å². The van der Waals surface area contributed by atoms with Gasteiger partial charge in [0.1, 0.15) is 0 Å². The Morgan fingerprint density at radius 2 is 1.89 bits per heavy atom. The number of halogens is 4. The number of benzene rings is 1. The highest BCUT2D eigenvalue weighted by Gasteiger charge is 2.33. The number of nitrogens with zero attached hydrogens (tertiary/aromatic N) is 2. The average Bonchev–Trinajstić information content (AvgIpc) is 3.30. The van der Waals surface area contributed by atoms with E-state index in [2.05, 4.69) is 27.9 Å². The first kappa shape index (κ1) is 26.2. The first-order chi connectivity index (χ1) is 16.6. The molecule has 3 aliphatic rings. The summed E-state index contributed by atoms with van der Waals surface area (Å²) in [5.41, 5.74) is 0.736. The van der Waals surface area contributed by atoms with Crippen LogP contribution in [-0.4, -0.2) is 65.5 Å². The number of alkyl halides is 3. The van der Waals surface area contributed by atoms with Crippen LogP contribution in [0.25, 0.3) is 0 Å². The molecular formula is C25H29F3IN3O3. The van der Waals surface area contributed by atoms with E-state index in [1.807, 2.05) is 11.0 Å². The molecule has 2 atom stereocenters. The average molecular weight is 603 g/mol. The minimum atomic E-state index is -4.36. The summed E-state index contributed by atoms with van der Waals surface area (Å²) in [5.74, 6) is -0.276. The van der Waals surface area contributed by atoms with Crippen molar-refractivity contribution in [2.75, 3.05) is 32.7 Å². The Labute approximate surface area is 216 Å². The molecule has 0 saturated carbocycles. The van der Waals surface area contributed by atoms with Gasteiger partial charge in [-0.3, -0.25) is 14.5 Å². The Morgan fingerprint density at radius 3 is 2.57 bits per heavy atom. The van der Waals surface area contributed by atoms with Gasteiger partial charge in [-0.25, -0.2) is 0 Å². The lowest BCUT2D eigenvalue weighted by atomic mass is 9.88. The quantitative estimate of drug-likeness (QED) is 0.503. The van der Waals surface area contributed by atoms with E-state index in [1.165, 1.54) is 12.1 Å². The van der Waals surface area contributed by atoms with E-state index in [4.69, 9.17) is 0 Å². The maximum atomic E-state index is 13.0. The fourth-order valence-electron chi connectivity index (χ4n) is 4.90. The topological polar surface area (TPSA) is 72.9 Å². The van der Waals surface area contributed by atoms with Crippen LogP contribution in [0.5, 0.6) is 0 Å². The molecule has 0 aromatic heterocycles. The lowest BCUT2D eigenvalue weighted by molar-refractivity contribution is -0.137. The molecule has 2 fully saturated rings. The van der Waals surface area contributed by atoms with Crippen molar-refractivity contribution in [2.24, 2.45) is 5.92 Å². The van der Waals surface area contributed by atoms with E-state index < -0.39 is 17.8 Å². The SMILES string of the molecule is O=C(NC1=CCC(O)C(I)=C1)C1CCN(CC(=O)N2CCC(c3cccc(C(F)(F)F)c3)CC2)C1. The molecule has 0 bridgehead atoms. The molecule has 4 rings (SSSR count). The molecule has 2 aliphatic heterocycles. The monoisotopic (exact) mass is 603 g/mol. The highest BCUT2D eigenvalue weighted by molar-refractivity contribution is 14.1. The Morgan fingerprint density at radius 1 is 1.14 bits per heavy atom. The normalized spacial score (nSPS) is 24.2. The molecule has 2 N–H and O–H groups in total. The van der Waals surface area contributed by atoms with E-state index in [0.29, 0.717) is 63.1 Å². The standard InChI is InChI=1S/C25H29F3IN3O3/c26-25(27,28)19-3-1-2-17(12-19)16-7-10-32(11-8-16)23(34)15-31-9-6-18(14-31)24(35)30-20-4-5-22(33)21(29)13-20/h1-4,12-13,16,18,22,33H,5-11,14-15H2,(H,30,35). The van der Waals surface area contributed by atoms with Crippen LogP contribution >= 0.6 is 22.6 Å². The second-order valence-corrected chi connectivity index (χ2v) is 10.7. The zero-order valence-corrected chi connectivity index (χ0v) is 21.4. The van der Waals surface area contributed by atoms with E-state index in [1.54, 1.807) is 17.0 Å². The molecule has 0 radical (unpaired) electrons. The number of hydrogen-bond donors (Lipinski definition) is 2. The molecule has 2 heterocycles. The van der Waals surface area contributed by atoms with Crippen LogP contribution in [0.3, 0.4) is 0 Å². The zero-order valence-electron chi connectivity index (χ0n) is 19.2. The van der Waals surface area contributed by atoms with Crippen LogP contribution in [0.1, 0.15) is 42.7 Å². The van der Waals surface area contributed by atoms with Crippen LogP contribution in [0.4, 0.5) is 13.2 Å². The summed E-state index contributed by atoms with van der Waals surface area (Å²) < 4.78 is 39.9. The first-order valence-corrected chi connectivity index (χ1v) is 12.9. The second-order valence-electron chi connectivity index (χ2n) is 9.43. The maximum Gasteiger partial charge on any atom is 0.416 e. The van der Waals surface area contributed by atoms with Crippen LogP contribution in [0, 0.1) is 5.92 Å². The van der Waals surface area contributed by atoms with Gasteiger partial charge in [-0.2, -0.15) is 13.2 Å². The van der Waals surface area contributed by atoms with Gasteiger partial charge in [-0.1, -0.05) is 24.3 Å². The first-order valence-electron chi connectivity index (χ1n) is 11.8. The van der Waals surface area contributed by atoms with Gasteiger partial charge in [0.05, 0.1) is 24.1 Å². The minimum absolute atomic E-state index is 0.00462. The zero-order chi connectivity index (χ0) is 25.2. The van der Waals surface area contributed by atoms with Crippen molar-refractivity contribution in [1.29, 1.82) is 0 Å². The Hall–Kier alpha value is -1.92. The summed E-state index contributed by atoms with van der Waals surface area (Å²) in [4.78, 5) is 29.3. The van der Waals surface area contributed by atoms with Gasteiger partial charge < -0.3 is 15.3 Å². The molecule has 2 amide bonds. The van der Waals surface area contributed by atoms with Crippen molar-refractivity contribution in [3.05, 3.63) is 56.8 Å². The molecule has 10 heteroatoms. The van der Waals surface area contributed by atoms with Crippen molar-refractivity contribution >= 4 is 34.4 Å². The molecule has 1 aromatic carbocycles.